The van der Waals surface area contributed by atoms with Crippen molar-refractivity contribution in [2.75, 3.05) is 5.32 Å². The Morgan fingerprint density at radius 3 is 2.58 bits per heavy atom. The number of para-hydroxylation sites is 2. The number of carbonyl (C=O) groups excluding carboxylic acids is 1. The lowest BCUT2D eigenvalue weighted by Crippen LogP contribution is -2.10. The van der Waals surface area contributed by atoms with Crippen LogP contribution in [0.5, 0.6) is 11.5 Å². The molecule has 2 aromatic carbocycles. The van der Waals surface area contributed by atoms with E-state index in [0.29, 0.717) is 5.75 Å². The molecule has 0 aliphatic rings. The van der Waals surface area contributed by atoms with Gasteiger partial charge in [0.15, 0.2) is 11.6 Å². The summed E-state index contributed by atoms with van der Waals surface area (Å²) in [6, 6.07) is 13.3. The maximum Gasteiger partial charge on any atom is 0.247 e. The first kappa shape index (κ1) is 12.8. The van der Waals surface area contributed by atoms with Crippen LogP contribution in [0, 0.1) is 5.82 Å². The second kappa shape index (κ2) is 5.82. The fourth-order valence-electron chi connectivity index (χ4n) is 1.50. The van der Waals surface area contributed by atoms with E-state index in [9.17, 15) is 9.18 Å². The quantitative estimate of drug-likeness (QED) is 0.847. The number of anilines is 1. The molecule has 0 aromatic heterocycles. The van der Waals surface area contributed by atoms with Crippen LogP contribution < -0.4 is 10.1 Å². The molecule has 0 atom stereocenters. The van der Waals surface area contributed by atoms with Crippen molar-refractivity contribution >= 4 is 11.6 Å². The van der Waals surface area contributed by atoms with Gasteiger partial charge in [0.2, 0.25) is 5.91 Å². The average molecular weight is 257 g/mol. The molecule has 0 radical (unpaired) electrons. The highest BCUT2D eigenvalue weighted by molar-refractivity contribution is 6.00. The topological polar surface area (TPSA) is 38.3 Å². The average Bonchev–Trinajstić information content (AvgIpc) is 2.43. The molecule has 96 valence electrons. The Kier molecular flexibility index (Phi) is 3.93. The Morgan fingerprint density at radius 2 is 1.89 bits per heavy atom. The molecule has 2 aromatic rings. The Hall–Kier alpha value is -2.62. The zero-order chi connectivity index (χ0) is 13.7. The summed E-state index contributed by atoms with van der Waals surface area (Å²) in [6.45, 7) is 3.32. The number of rotatable bonds is 4. The van der Waals surface area contributed by atoms with Gasteiger partial charge in [-0.3, -0.25) is 4.79 Å². The van der Waals surface area contributed by atoms with Gasteiger partial charge in [0.05, 0.1) is 0 Å². The van der Waals surface area contributed by atoms with Gasteiger partial charge in [-0.2, -0.15) is 0 Å². The molecule has 3 nitrogen and oxygen atoms in total. The van der Waals surface area contributed by atoms with Crippen molar-refractivity contribution < 1.29 is 13.9 Å². The fourth-order valence-corrected chi connectivity index (χ4v) is 1.50. The Morgan fingerprint density at radius 1 is 1.16 bits per heavy atom. The lowest BCUT2D eigenvalue weighted by Gasteiger charge is -2.12. The van der Waals surface area contributed by atoms with Gasteiger partial charge in [0, 0.05) is 0 Å². The van der Waals surface area contributed by atoms with Crippen molar-refractivity contribution in [2.45, 2.75) is 0 Å². The number of carbonyl (C=O) groups is 1. The number of ether oxygens (including phenoxy) is 1. The predicted molar refractivity (Wildman–Crippen MR) is 71.7 cm³/mol. The SMILES string of the molecule is C=CC(=O)Nc1c(F)cccc1Oc1ccccc1. The zero-order valence-electron chi connectivity index (χ0n) is 10.1. The summed E-state index contributed by atoms with van der Waals surface area (Å²) in [4.78, 5) is 11.3. The summed E-state index contributed by atoms with van der Waals surface area (Å²) < 4.78 is 19.3. The van der Waals surface area contributed by atoms with Crippen LogP contribution >= 0.6 is 0 Å². The van der Waals surface area contributed by atoms with Crippen LogP contribution in [0.1, 0.15) is 0 Å². The van der Waals surface area contributed by atoms with Gasteiger partial charge in [-0.25, -0.2) is 4.39 Å². The first-order valence-electron chi connectivity index (χ1n) is 5.65. The largest absolute Gasteiger partial charge is 0.455 e. The van der Waals surface area contributed by atoms with Crippen molar-refractivity contribution in [3.05, 3.63) is 67.0 Å². The lowest BCUT2D eigenvalue weighted by molar-refractivity contribution is -0.111. The molecule has 1 amide bonds. The molecule has 0 saturated heterocycles. The van der Waals surface area contributed by atoms with Gasteiger partial charge in [0.1, 0.15) is 11.4 Å². The summed E-state index contributed by atoms with van der Waals surface area (Å²) in [6.07, 6.45) is 1.07. The summed E-state index contributed by atoms with van der Waals surface area (Å²) in [5, 5.41) is 2.39. The van der Waals surface area contributed by atoms with Gasteiger partial charge in [-0.15, -0.1) is 0 Å². The van der Waals surface area contributed by atoms with Gasteiger partial charge in [0.25, 0.3) is 0 Å². The molecule has 1 N–H and O–H groups in total. The van der Waals surface area contributed by atoms with E-state index in [-0.39, 0.29) is 11.4 Å². The van der Waals surface area contributed by atoms with Crippen LogP contribution in [0.15, 0.2) is 61.2 Å². The van der Waals surface area contributed by atoms with Crippen molar-refractivity contribution in [1.29, 1.82) is 0 Å². The van der Waals surface area contributed by atoms with E-state index in [4.69, 9.17) is 4.74 Å². The molecule has 0 spiro atoms. The lowest BCUT2D eigenvalue weighted by atomic mass is 10.2. The fraction of sp³-hybridized carbons (Fsp3) is 0. The van der Waals surface area contributed by atoms with Crippen LogP contribution in [0.2, 0.25) is 0 Å². The number of benzene rings is 2. The molecule has 0 aliphatic heterocycles. The minimum absolute atomic E-state index is 0.00347. The molecule has 0 unspecified atom stereocenters. The molecule has 0 saturated carbocycles. The molecule has 0 bridgehead atoms. The highest BCUT2D eigenvalue weighted by atomic mass is 19.1. The van der Waals surface area contributed by atoms with E-state index < -0.39 is 11.7 Å². The molecular weight excluding hydrogens is 245 g/mol. The van der Waals surface area contributed by atoms with E-state index in [0.717, 1.165) is 6.08 Å². The second-order valence-electron chi connectivity index (χ2n) is 3.72. The number of nitrogens with one attached hydrogen (secondary N) is 1. The van der Waals surface area contributed by atoms with Gasteiger partial charge in [-0.1, -0.05) is 30.8 Å². The van der Waals surface area contributed by atoms with Gasteiger partial charge in [-0.05, 0) is 30.3 Å². The second-order valence-corrected chi connectivity index (χ2v) is 3.72. The highest BCUT2D eigenvalue weighted by Crippen LogP contribution is 2.31. The monoisotopic (exact) mass is 257 g/mol. The number of hydrogen-bond acceptors (Lipinski definition) is 2. The smallest absolute Gasteiger partial charge is 0.247 e. The molecule has 0 fully saturated rings. The third-order valence-electron chi connectivity index (χ3n) is 2.38. The normalized spacial score (nSPS) is 9.74. The number of halogens is 1. The van der Waals surface area contributed by atoms with E-state index in [1.807, 2.05) is 6.07 Å². The van der Waals surface area contributed by atoms with Crippen LogP contribution in [0.4, 0.5) is 10.1 Å². The molecule has 2 rings (SSSR count). The number of amides is 1. The Bertz CT molecular complexity index is 596. The maximum atomic E-state index is 13.7. The molecule has 0 aliphatic carbocycles. The minimum atomic E-state index is -0.566. The summed E-state index contributed by atoms with van der Waals surface area (Å²) in [5.41, 5.74) is -0.00347. The van der Waals surface area contributed by atoms with Gasteiger partial charge < -0.3 is 10.1 Å². The Labute approximate surface area is 110 Å². The van der Waals surface area contributed by atoms with E-state index in [1.165, 1.54) is 12.1 Å². The van der Waals surface area contributed by atoms with Crippen LogP contribution in [0.3, 0.4) is 0 Å². The predicted octanol–water partition coefficient (Wildman–Crippen LogP) is 3.74. The van der Waals surface area contributed by atoms with Crippen molar-refractivity contribution in [2.24, 2.45) is 0 Å². The molecule has 19 heavy (non-hydrogen) atoms. The van der Waals surface area contributed by atoms with E-state index in [1.54, 1.807) is 30.3 Å². The first-order valence-corrected chi connectivity index (χ1v) is 5.65. The summed E-state index contributed by atoms with van der Waals surface area (Å²) in [5.74, 6) is -0.268. The van der Waals surface area contributed by atoms with Crippen molar-refractivity contribution in [3.63, 3.8) is 0 Å². The number of hydrogen-bond donors (Lipinski definition) is 1. The highest BCUT2D eigenvalue weighted by Gasteiger charge is 2.12. The Balaban J connectivity index is 2.32. The third kappa shape index (κ3) is 3.19. The molecular formula is C15H12FNO2. The molecule has 4 heteroatoms. The van der Waals surface area contributed by atoms with Crippen molar-refractivity contribution in [3.8, 4) is 11.5 Å². The summed E-state index contributed by atoms with van der Waals surface area (Å²) in [7, 11) is 0. The maximum absolute atomic E-state index is 13.7. The van der Waals surface area contributed by atoms with Crippen molar-refractivity contribution in [1.82, 2.24) is 0 Å². The summed E-state index contributed by atoms with van der Waals surface area (Å²) >= 11 is 0. The van der Waals surface area contributed by atoms with Gasteiger partial charge >= 0.3 is 0 Å². The zero-order valence-corrected chi connectivity index (χ0v) is 10.1. The third-order valence-corrected chi connectivity index (χ3v) is 2.38. The van der Waals surface area contributed by atoms with Crippen LogP contribution in [-0.2, 0) is 4.79 Å². The minimum Gasteiger partial charge on any atom is -0.455 e. The van der Waals surface area contributed by atoms with Crippen LogP contribution in [-0.4, -0.2) is 5.91 Å². The van der Waals surface area contributed by atoms with E-state index >= 15 is 0 Å². The van der Waals surface area contributed by atoms with E-state index in [2.05, 4.69) is 11.9 Å². The molecule has 0 heterocycles. The standard InChI is InChI=1S/C15H12FNO2/c1-2-14(18)17-15-12(16)9-6-10-13(15)19-11-7-4-3-5-8-11/h2-10H,1H2,(H,17,18). The first-order chi connectivity index (χ1) is 9.20. The van der Waals surface area contributed by atoms with Crippen LogP contribution in [0.25, 0.3) is 0 Å².